The van der Waals surface area contributed by atoms with Gasteiger partial charge in [0.25, 0.3) is 5.91 Å². The first-order valence-corrected chi connectivity index (χ1v) is 5.93. The average molecular weight is 288 g/mol. The standard InChI is InChI=1S/C13H12N4O4/c14-9(18)5-7-3-1-2-4-8(7)17-12(19)10-11(13(20)21)16-6-15-10/h1-4,6H,5H2,(H2,14,18)(H,15,16)(H,17,19)(H,20,21). The number of hydrogen-bond donors (Lipinski definition) is 4. The fraction of sp³-hybridized carbons (Fsp3) is 0.0769. The summed E-state index contributed by atoms with van der Waals surface area (Å²) in [6.07, 6.45) is 1.08. The van der Waals surface area contributed by atoms with E-state index in [-0.39, 0.29) is 17.8 Å². The van der Waals surface area contributed by atoms with Crippen molar-refractivity contribution in [3.05, 3.63) is 47.5 Å². The number of carboxylic acid groups (broad SMARTS) is 1. The summed E-state index contributed by atoms with van der Waals surface area (Å²) < 4.78 is 0. The highest BCUT2D eigenvalue weighted by atomic mass is 16.4. The van der Waals surface area contributed by atoms with Crippen molar-refractivity contribution in [2.75, 3.05) is 5.32 Å². The topological polar surface area (TPSA) is 138 Å². The summed E-state index contributed by atoms with van der Waals surface area (Å²) >= 11 is 0. The lowest BCUT2D eigenvalue weighted by atomic mass is 10.1. The number of nitrogens with zero attached hydrogens (tertiary/aromatic N) is 1. The van der Waals surface area contributed by atoms with Crippen LogP contribution in [0.4, 0.5) is 5.69 Å². The average Bonchev–Trinajstić information content (AvgIpc) is 2.90. The molecule has 2 amide bonds. The Bertz CT molecular complexity index is 708. The highest BCUT2D eigenvalue weighted by Gasteiger charge is 2.20. The molecular formula is C13H12N4O4. The molecule has 0 aliphatic rings. The van der Waals surface area contributed by atoms with Crippen LogP contribution in [0.2, 0.25) is 0 Å². The molecule has 0 saturated carbocycles. The normalized spacial score (nSPS) is 10.1. The number of aromatic carboxylic acids is 1. The van der Waals surface area contributed by atoms with Crippen LogP contribution >= 0.6 is 0 Å². The van der Waals surface area contributed by atoms with Gasteiger partial charge in [-0.05, 0) is 11.6 Å². The lowest BCUT2D eigenvalue weighted by Crippen LogP contribution is -2.19. The number of carbonyl (C=O) groups is 3. The zero-order valence-corrected chi connectivity index (χ0v) is 10.8. The maximum atomic E-state index is 12.1. The first-order valence-electron chi connectivity index (χ1n) is 5.93. The number of anilines is 1. The number of carboxylic acids is 1. The molecule has 21 heavy (non-hydrogen) atoms. The molecule has 0 spiro atoms. The summed E-state index contributed by atoms with van der Waals surface area (Å²) in [6, 6.07) is 6.60. The summed E-state index contributed by atoms with van der Waals surface area (Å²) in [5.74, 6) is -2.52. The first kappa shape index (κ1) is 14.3. The maximum absolute atomic E-state index is 12.1. The first-order chi connectivity index (χ1) is 9.99. The molecule has 8 nitrogen and oxygen atoms in total. The summed E-state index contributed by atoms with van der Waals surface area (Å²) in [5.41, 5.74) is 5.50. The fourth-order valence-electron chi connectivity index (χ4n) is 1.80. The molecule has 0 aliphatic carbocycles. The second-order valence-corrected chi connectivity index (χ2v) is 4.19. The van der Waals surface area contributed by atoms with E-state index in [0.717, 1.165) is 6.33 Å². The Kier molecular flexibility index (Phi) is 3.98. The van der Waals surface area contributed by atoms with Crippen LogP contribution in [-0.4, -0.2) is 32.9 Å². The van der Waals surface area contributed by atoms with Crippen LogP contribution in [-0.2, 0) is 11.2 Å². The van der Waals surface area contributed by atoms with E-state index in [1.54, 1.807) is 24.3 Å². The number of nitrogens with one attached hydrogen (secondary N) is 2. The van der Waals surface area contributed by atoms with Gasteiger partial charge in [0.05, 0.1) is 12.7 Å². The molecule has 2 rings (SSSR count). The van der Waals surface area contributed by atoms with Crippen LogP contribution < -0.4 is 11.1 Å². The number of imidazole rings is 1. The molecule has 0 fully saturated rings. The van der Waals surface area contributed by atoms with Gasteiger partial charge in [0.1, 0.15) is 0 Å². The zero-order valence-electron chi connectivity index (χ0n) is 10.8. The SMILES string of the molecule is NC(=O)Cc1ccccc1NC(=O)c1nc[nH]c1C(=O)O. The Morgan fingerprint density at radius 3 is 2.67 bits per heavy atom. The summed E-state index contributed by atoms with van der Waals surface area (Å²) in [5, 5.41) is 11.5. The van der Waals surface area contributed by atoms with Gasteiger partial charge in [-0.25, -0.2) is 9.78 Å². The van der Waals surface area contributed by atoms with E-state index >= 15 is 0 Å². The number of hydrogen-bond acceptors (Lipinski definition) is 4. The third kappa shape index (κ3) is 3.24. The van der Waals surface area contributed by atoms with Gasteiger partial charge in [-0.2, -0.15) is 0 Å². The van der Waals surface area contributed by atoms with E-state index in [9.17, 15) is 14.4 Å². The molecule has 108 valence electrons. The summed E-state index contributed by atoms with van der Waals surface area (Å²) in [7, 11) is 0. The highest BCUT2D eigenvalue weighted by molar-refractivity contribution is 6.09. The molecule has 0 saturated heterocycles. The van der Waals surface area contributed by atoms with Gasteiger partial charge in [0, 0.05) is 5.69 Å². The number of carbonyl (C=O) groups excluding carboxylic acids is 2. The van der Waals surface area contributed by atoms with Crippen molar-refractivity contribution in [3.8, 4) is 0 Å². The van der Waals surface area contributed by atoms with Crippen molar-refractivity contribution in [2.45, 2.75) is 6.42 Å². The van der Waals surface area contributed by atoms with Crippen molar-refractivity contribution in [1.82, 2.24) is 9.97 Å². The fourth-order valence-corrected chi connectivity index (χ4v) is 1.80. The number of H-pyrrole nitrogens is 1. The predicted octanol–water partition coefficient (Wildman–Crippen LogP) is 0.388. The highest BCUT2D eigenvalue weighted by Crippen LogP contribution is 2.17. The molecule has 5 N–H and O–H groups in total. The molecule has 1 aromatic heterocycles. The lowest BCUT2D eigenvalue weighted by molar-refractivity contribution is -0.117. The number of aromatic nitrogens is 2. The Morgan fingerprint density at radius 2 is 2.00 bits per heavy atom. The molecule has 0 radical (unpaired) electrons. The quantitative estimate of drug-likeness (QED) is 0.630. The number of aromatic amines is 1. The van der Waals surface area contributed by atoms with Crippen LogP contribution in [0.15, 0.2) is 30.6 Å². The zero-order chi connectivity index (χ0) is 15.4. The smallest absolute Gasteiger partial charge is 0.354 e. The van der Waals surface area contributed by atoms with Crippen LogP contribution in [0.5, 0.6) is 0 Å². The molecule has 0 aliphatic heterocycles. The van der Waals surface area contributed by atoms with E-state index in [2.05, 4.69) is 15.3 Å². The van der Waals surface area contributed by atoms with E-state index < -0.39 is 17.8 Å². The Balaban J connectivity index is 2.26. The number of benzene rings is 1. The van der Waals surface area contributed by atoms with Gasteiger partial charge < -0.3 is 21.1 Å². The lowest BCUT2D eigenvalue weighted by Gasteiger charge is -2.09. The van der Waals surface area contributed by atoms with Gasteiger partial charge in [0.15, 0.2) is 11.4 Å². The van der Waals surface area contributed by atoms with Crippen molar-refractivity contribution in [3.63, 3.8) is 0 Å². The molecular weight excluding hydrogens is 276 g/mol. The number of nitrogens with two attached hydrogens (primary N) is 1. The van der Waals surface area contributed by atoms with Crippen LogP contribution in [0.3, 0.4) is 0 Å². The second-order valence-electron chi connectivity index (χ2n) is 4.19. The van der Waals surface area contributed by atoms with Gasteiger partial charge in [0.2, 0.25) is 5.91 Å². The Labute approximate surface area is 119 Å². The Hall–Kier alpha value is -3.16. The van der Waals surface area contributed by atoms with Gasteiger partial charge in [-0.3, -0.25) is 9.59 Å². The van der Waals surface area contributed by atoms with Crippen molar-refractivity contribution >= 4 is 23.5 Å². The van der Waals surface area contributed by atoms with Crippen molar-refractivity contribution < 1.29 is 19.5 Å². The van der Waals surface area contributed by atoms with Gasteiger partial charge in [-0.15, -0.1) is 0 Å². The minimum absolute atomic E-state index is 0.0389. The number of amides is 2. The summed E-state index contributed by atoms with van der Waals surface area (Å²) in [6.45, 7) is 0. The number of rotatable bonds is 5. The van der Waals surface area contributed by atoms with E-state index in [1.807, 2.05) is 0 Å². The van der Waals surface area contributed by atoms with Crippen molar-refractivity contribution in [1.29, 1.82) is 0 Å². The van der Waals surface area contributed by atoms with Gasteiger partial charge >= 0.3 is 5.97 Å². The predicted molar refractivity (Wildman–Crippen MR) is 72.8 cm³/mol. The number of para-hydroxylation sites is 1. The Morgan fingerprint density at radius 1 is 1.29 bits per heavy atom. The van der Waals surface area contributed by atoms with E-state index in [4.69, 9.17) is 10.8 Å². The molecule has 1 heterocycles. The number of primary amides is 1. The monoisotopic (exact) mass is 288 g/mol. The second kappa shape index (κ2) is 5.87. The molecule has 0 bridgehead atoms. The van der Waals surface area contributed by atoms with Crippen LogP contribution in [0.1, 0.15) is 26.5 Å². The van der Waals surface area contributed by atoms with Crippen LogP contribution in [0, 0.1) is 0 Å². The van der Waals surface area contributed by atoms with Crippen LogP contribution in [0.25, 0.3) is 0 Å². The summed E-state index contributed by atoms with van der Waals surface area (Å²) in [4.78, 5) is 40.1. The minimum atomic E-state index is -1.29. The van der Waals surface area contributed by atoms with Crippen molar-refractivity contribution in [2.24, 2.45) is 5.73 Å². The third-order valence-corrected chi connectivity index (χ3v) is 2.70. The van der Waals surface area contributed by atoms with E-state index in [0.29, 0.717) is 11.3 Å². The molecule has 2 aromatic rings. The third-order valence-electron chi connectivity index (χ3n) is 2.70. The van der Waals surface area contributed by atoms with Gasteiger partial charge in [-0.1, -0.05) is 18.2 Å². The maximum Gasteiger partial charge on any atom is 0.354 e. The minimum Gasteiger partial charge on any atom is -0.477 e. The molecule has 0 unspecified atom stereocenters. The van der Waals surface area contributed by atoms with E-state index in [1.165, 1.54) is 0 Å². The molecule has 1 aromatic carbocycles. The molecule has 8 heteroatoms. The molecule has 0 atom stereocenters. The largest absolute Gasteiger partial charge is 0.477 e.